The Balaban J connectivity index is 2.89. The van der Waals surface area contributed by atoms with Crippen LogP contribution in [0.25, 0.3) is 0 Å². The number of amides is 1. The molecule has 2 N–H and O–H groups in total. The fraction of sp³-hybridized carbons (Fsp3) is 0.611. The number of nitrogens with one attached hydrogen (secondary N) is 1. The number of hydrogen-bond acceptors (Lipinski definition) is 3. The molecule has 26 heavy (non-hydrogen) atoms. The normalized spacial score (nSPS) is 14.4. The number of carbonyl (C=O) groups is 1. The molecule has 2 unspecified atom stereocenters. The van der Waals surface area contributed by atoms with Crippen molar-refractivity contribution in [1.29, 1.82) is 0 Å². The molecule has 0 radical (unpaired) electrons. The van der Waals surface area contributed by atoms with Crippen LogP contribution < -0.4 is 10.1 Å². The number of aliphatic hydroxyl groups excluding tert-OH is 1. The van der Waals surface area contributed by atoms with Gasteiger partial charge in [-0.1, -0.05) is 32.9 Å². The summed E-state index contributed by atoms with van der Waals surface area (Å²) in [5.41, 5.74) is -0.136. The van der Waals surface area contributed by atoms with Crippen molar-refractivity contribution < 1.29 is 32.2 Å². The standard InChI is InChI=1S/C18H25F4NO3/c1-18(2,3)14(24)10-16(25)23-13(7-8-15(19)20)11-5-4-6-12(9-11)26-17(21)22/h4-6,9,13-15,17,24H,7-8,10H2,1-3H3,(H,23,25). The highest BCUT2D eigenvalue weighted by Gasteiger charge is 2.26. The Morgan fingerprint density at radius 2 is 1.85 bits per heavy atom. The van der Waals surface area contributed by atoms with Crippen molar-refractivity contribution in [3.05, 3.63) is 29.8 Å². The molecule has 0 aliphatic carbocycles. The Labute approximate surface area is 150 Å². The largest absolute Gasteiger partial charge is 0.435 e. The summed E-state index contributed by atoms with van der Waals surface area (Å²) < 4.78 is 54.2. The average Bonchev–Trinajstić information content (AvgIpc) is 2.49. The molecular weight excluding hydrogens is 354 g/mol. The van der Waals surface area contributed by atoms with Crippen molar-refractivity contribution in [1.82, 2.24) is 5.32 Å². The minimum absolute atomic E-state index is 0.0762. The van der Waals surface area contributed by atoms with E-state index in [0.29, 0.717) is 5.56 Å². The number of rotatable bonds is 9. The Bertz CT molecular complexity index is 576. The molecule has 1 aromatic rings. The van der Waals surface area contributed by atoms with Gasteiger partial charge < -0.3 is 15.2 Å². The third-order valence-corrected chi connectivity index (χ3v) is 3.87. The molecule has 4 nitrogen and oxygen atoms in total. The number of carbonyl (C=O) groups excluding carboxylic acids is 1. The molecule has 0 fully saturated rings. The van der Waals surface area contributed by atoms with Crippen molar-refractivity contribution in [2.45, 2.75) is 65.2 Å². The van der Waals surface area contributed by atoms with Crippen LogP contribution in [0.5, 0.6) is 5.75 Å². The van der Waals surface area contributed by atoms with E-state index in [4.69, 9.17) is 0 Å². The van der Waals surface area contributed by atoms with Crippen LogP contribution in [-0.2, 0) is 4.79 Å². The zero-order chi connectivity index (χ0) is 19.9. The summed E-state index contributed by atoms with van der Waals surface area (Å²) in [4.78, 5) is 12.2. The summed E-state index contributed by atoms with van der Waals surface area (Å²) in [5, 5.41) is 12.6. The smallest absolute Gasteiger partial charge is 0.387 e. The Hall–Kier alpha value is -1.83. The van der Waals surface area contributed by atoms with Crippen molar-refractivity contribution in [2.75, 3.05) is 0 Å². The lowest BCUT2D eigenvalue weighted by Gasteiger charge is -2.26. The van der Waals surface area contributed by atoms with Gasteiger partial charge in [0.25, 0.3) is 0 Å². The molecule has 0 aliphatic heterocycles. The highest BCUT2D eigenvalue weighted by atomic mass is 19.3. The molecule has 1 rings (SSSR count). The van der Waals surface area contributed by atoms with Crippen LogP contribution in [0.1, 0.15) is 51.6 Å². The Kier molecular flexibility index (Phi) is 8.33. The second-order valence-electron chi connectivity index (χ2n) is 7.13. The lowest BCUT2D eigenvalue weighted by molar-refractivity contribution is -0.125. The van der Waals surface area contributed by atoms with Crippen LogP contribution in [-0.4, -0.2) is 30.2 Å². The van der Waals surface area contributed by atoms with Crippen LogP contribution in [0.15, 0.2) is 24.3 Å². The van der Waals surface area contributed by atoms with Gasteiger partial charge in [-0.2, -0.15) is 8.78 Å². The monoisotopic (exact) mass is 379 g/mol. The van der Waals surface area contributed by atoms with E-state index < -0.39 is 42.9 Å². The van der Waals surface area contributed by atoms with Gasteiger partial charge >= 0.3 is 6.61 Å². The fourth-order valence-corrected chi connectivity index (χ4v) is 2.26. The molecule has 0 saturated carbocycles. The van der Waals surface area contributed by atoms with Gasteiger partial charge in [0.2, 0.25) is 12.3 Å². The molecule has 2 atom stereocenters. The summed E-state index contributed by atoms with van der Waals surface area (Å²) in [6.07, 6.45) is -4.20. The van der Waals surface area contributed by atoms with E-state index >= 15 is 0 Å². The molecular formula is C18H25F4NO3. The molecule has 0 saturated heterocycles. The van der Waals surface area contributed by atoms with Crippen molar-refractivity contribution in [3.63, 3.8) is 0 Å². The first kappa shape index (κ1) is 22.2. The lowest BCUT2D eigenvalue weighted by atomic mass is 9.87. The molecule has 8 heteroatoms. The average molecular weight is 379 g/mol. The summed E-state index contributed by atoms with van der Waals surface area (Å²) in [5.74, 6) is -0.629. The predicted molar refractivity (Wildman–Crippen MR) is 89.3 cm³/mol. The second kappa shape index (κ2) is 9.75. The van der Waals surface area contributed by atoms with Gasteiger partial charge in [0, 0.05) is 6.42 Å². The van der Waals surface area contributed by atoms with Crippen molar-refractivity contribution in [3.8, 4) is 5.75 Å². The number of halogens is 4. The predicted octanol–water partition coefficient (Wildman–Crippen LogP) is 4.29. The maximum Gasteiger partial charge on any atom is 0.387 e. The van der Waals surface area contributed by atoms with Gasteiger partial charge in [-0.05, 0) is 29.5 Å². The molecule has 0 aromatic heterocycles. The summed E-state index contributed by atoms with van der Waals surface area (Å²) in [6.45, 7) is 2.29. The molecule has 1 aromatic carbocycles. The van der Waals surface area contributed by atoms with Crippen LogP contribution in [0.4, 0.5) is 17.6 Å². The Morgan fingerprint density at radius 1 is 1.19 bits per heavy atom. The first-order valence-electron chi connectivity index (χ1n) is 8.29. The Morgan fingerprint density at radius 3 is 2.38 bits per heavy atom. The SMILES string of the molecule is CC(C)(C)C(O)CC(=O)NC(CCC(F)F)c1cccc(OC(F)F)c1. The zero-order valence-corrected chi connectivity index (χ0v) is 15.0. The molecule has 0 spiro atoms. The molecule has 0 heterocycles. The number of ether oxygens (including phenoxy) is 1. The maximum atomic E-state index is 12.6. The minimum Gasteiger partial charge on any atom is -0.435 e. The molecule has 1 amide bonds. The summed E-state index contributed by atoms with van der Waals surface area (Å²) in [7, 11) is 0. The van der Waals surface area contributed by atoms with Gasteiger partial charge in [0.05, 0.1) is 18.6 Å². The van der Waals surface area contributed by atoms with E-state index in [0.717, 1.165) is 0 Å². The number of aliphatic hydroxyl groups is 1. The van der Waals surface area contributed by atoms with Crippen LogP contribution >= 0.6 is 0 Å². The van der Waals surface area contributed by atoms with Crippen LogP contribution in [0.2, 0.25) is 0 Å². The fourth-order valence-electron chi connectivity index (χ4n) is 2.26. The van der Waals surface area contributed by atoms with E-state index in [1.165, 1.54) is 24.3 Å². The summed E-state index contributed by atoms with van der Waals surface area (Å²) >= 11 is 0. The third kappa shape index (κ3) is 8.03. The van der Waals surface area contributed by atoms with E-state index in [-0.39, 0.29) is 18.6 Å². The lowest BCUT2D eigenvalue weighted by Crippen LogP contribution is -2.36. The second-order valence-corrected chi connectivity index (χ2v) is 7.13. The summed E-state index contributed by atoms with van der Waals surface area (Å²) in [6, 6.07) is 4.77. The van der Waals surface area contributed by atoms with E-state index in [9.17, 15) is 27.5 Å². The van der Waals surface area contributed by atoms with Gasteiger partial charge in [0.1, 0.15) is 5.75 Å². The third-order valence-electron chi connectivity index (χ3n) is 3.87. The minimum atomic E-state index is -3.01. The topological polar surface area (TPSA) is 58.6 Å². The zero-order valence-electron chi connectivity index (χ0n) is 15.0. The quantitative estimate of drug-likeness (QED) is 0.630. The van der Waals surface area contributed by atoms with Gasteiger partial charge in [-0.15, -0.1) is 0 Å². The van der Waals surface area contributed by atoms with E-state index in [2.05, 4.69) is 10.1 Å². The van der Waals surface area contributed by atoms with Gasteiger partial charge in [-0.25, -0.2) is 8.78 Å². The molecule has 148 valence electrons. The molecule has 0 aliphatic rings. The van der Waals surface area contributed by atoms with Gasteiger partial charge in [0.15, 0.2) is 0 Å². The highest BCUT2D eigenvalue weighted by molar-refractivity contribution is 5.77. The van der Waals surface area contributed by atoms with Crippen LogP contribution in [0.3, 0.4) is 0 Å². The number of alkyl halides is 4. The van der Waals surface area contributed by atoms with Crippen molar-refractivity contribution in [2.24, 2.45) is 5.41 Å². The molecule has 0 bridgehead atoms. The first-order valence-corrected chi connectivity index (χ1v) is 8.29. The highest BCUT2D eigenvalue weighted by Crippen LogP contribution is 2.26. The number of hydrogen-bond donors (Lipinski definition) is 2. The maximum absolute atomic E-state index is 12.6. The van der Waals surface area contributed by atoms with Crippen molar-refractivity contribution >= 4 is 5.91 Å². The van der Waals surface area contributed by atoms with Gasteiger partial charge in [-0.3, -0.25) is 4.79 Å². The van der Waals surface area contributed by atoms with E-state index in [1.807, 2.05) is 0 Å². The van der Waals surface area contributed by atoms with E-state index in [1.54, 1.807) is 20.8 Å². The van der Waals surface area contributed by atoms with Crippen LogP contribution in [0, 0.1) is 5.41 Å². The number of benzene rings is 1. The first-order chi connectivity index (χ1) is 12.0.